The van der Waals surface area contributed by atoms with E-state index in [9.17, 15) is 4.79 Å². The zero-order valence-electron chi connectivity index (χ0n) is 18.2. The fourth-order valence-corrected chi connectivity index (χ4v) is 3.98. The van der Waals surface area contributed by atoms with E-state index in [0.717, 1.165) is 21.8 Å². The second kappa shape index (κ2) is 8.18. The molecule has 0 aliphatic rings. The van der Waals surface area contributed by atoms with E-state index in [-0.39, 0.29) is 12.3 Å². The molecule has 160 valence electrons. The minimum Gasteiger partial charge on any atom is -0.493 e. The van der Waals surface area contributed by atoms with Crippen LogP contribution in [-0.4, -0.2) is 43.5 Å². The second-order valence-electron chi connectivity index (χ2n) is 6.93. The molecule has 0 radical (unpaired) electrons. The lowest BCUT2D eigenvalue weighted by Crippen LogP contribution is -2.08. The predicted octanol–water partition coefficient (Wildman–Crippen LogP) is 4.60. The van der Waals surface area contributed by atoms with Crippen LogP contribution in [0.3, 0.4) is 0 Å². The Morgan fingerprint density at radius 2 is 1.71 bits per heavy atom. The summed E-state index contributed by atoms with van der Waals surface area (Å²) in [6, 6.07) is 13.5. The van der Waals surface area contributed by atoms with Crippen LogP contribution >= 0.6 is 0 Å². The molecule has 2 aromatic heterocycles. The first-order valence-electron chi connectivity index (χ1n) is 9.90. The maximum atomic E-state index is 12.6. The van der Waals surface area contributed by atoms with Gasteiger partial charge in [-0.05, 0) is 31.2 Å². The molecule has 0 N–H and O–H groups in total. The minimum absolute atomic E-state index is 0.234. The fraction of sp³-hybridized carbons (Fsp3) is 0.250. The molecule has 31 heavy (non-hydrogen) atoms. The Balaban J connectivity index is 2.14. The Morgan fingerprint density at radius 3 is 2.39 bits per heavy atom. The molecule has 7 nitrogen and oxygen atoms in total. The lowest BCUT2D eigenvalue weighted by Gasteiger charge is -2.17. The zero-order chi connectivity index (χ0) is 22.1. The SMILES string of the molecule is CCOC(=O)c1cc2c3ccccc3n(C)c2c(-c2ccc(OC)c(OC)c2OC)n1. The highest BCUT2D eigenvalue weighted by molar-refractivity contribution is 6.13. The maximum absolute atomic E-state index is 12.6. The molecule has 0 amide bonds. The molecule has 0 bridgehead atoms. The van der Waals surface area contributed by atoms with Gasteiger partial charge in [0.2, 0.25) is 5.75 Å². The second-order valence-corrected chi connectivity index (χ2v) is 6.93. The lowest BCUT2D eigenvalue weighted by atomic mass is 10.0. The third-order valence-corrected chi connectivity index (χ3v) is 5.33. The van der Waals surface area contributed by atoms with Crippen molar-refractivity contribution in [2.75, 3.05) is 27.9 Å². The first-order valence-corrected chi connectivity index (χ1v) is 9.90. The number of esters is 1. The number of ether oxygens (including phenoxy) is 4. The number of benzene rings is 2. The quantitative estimate of drug-likeness (QED) is 0.425. The Hall–Kier alpha value is -3.74. The van der Waals surface area contributed by atoms with Gasteiger partial charge in [0.15, 0.2) is 11.5 Å². The van der Waals surface area contributed by atoms with Crippen molar-refractivity contribution in [3.8, 4) is 28.5 Å². The lowest BCUT2D eigenvalue weighted by molar-refractivity contribution is 0.0520. The summed E-state index contributed by atoms with van der Waals surface area (Å²) in [7, 11) is 6.67. The van der Waals surface area contributed by atoms with Crippen molar-refractivity contribution in [3.05, 3.63) is 48.2 Å². The van der Waals surface area contributed by atoms with Crippen molar-refractivity contribution >= 4 is 27.8 Å². The molecule has 0 spiro atoms. The third-order valence-electron chi connectivity index (χ3n) is 5.33. The Labute approximate surface area is 180 Å². The van der Waals surface area contributed by atoms with Gasteiger partial charge in [0.1, 0.15) is 5.69 Å². The van der Waals surface area contributed by atoms with Gasteiger partial charge in [-0.15, -0.1) is 0 Å². The number of para-hydroxylation sites is 1. The number of hydrogen-bond acceptors (Lipinski definition) is 6. The standard InChI is InChI=1S/C24H24N2O5/c1-6-31-24(27)17-13-16-14-9-7-8-10-18(14)26(2)21(16)20(25-17)15-11-12-19(28-3)23(30-5)22(15)29-4/h7-13H,6H2,1-5H3. The van der Waals surface area contributed by atoms with Gasteiger partial charge in [0.25, 0.3) is 0 Å². The number of aryl methyl sites for hydroxylation is 1. The fourth-order valence-electron chi connectivity index (χ4n) is 3.98. The van der Waals surface area contributed by atoms with Crippen LogP contribution in [0.2, 0.25) is 0 Å². The van der Waals surface area contributed by atoms with Crippen molar-refractivity contribution in [1.29, 1.82) is 0 Å². The molecule has 0 aliphatic heterocycles. The van der Waals surface area contributed by atoms with Gasteiger partial charge < -0.3 is 23.5 Å². The van der Waals surface area contributed by atoms with Crippen LogP contribution in [0.4, 0.5) is 0 Å². The molecule has 2 aromatic carbocycles. The van der Waals surface area contributed by atoms with Gasteiger partial charge in [-0.3, -0.25) is 0 Å². The smallest absolute Gasteiger partial charge is 0.356 e. The molecule has 0 fully saturated rings. The van der Waals surface area contributed by atoms with E-state index in [2.05, 4.69) is 4.57 Å². The predicted molar refractivity (Wildman–Crippen MR) is 119 cm³/mol. The first kappa shape index (κ1) is 20.5. The van der Waals surface area contributed by atoms with Crippen LogP contribution in [-0.2, 0) is 11.8 Å². The Kier molecular flexibility index (Phi) is 5.42. The number of aromatic nitrogens is 2. The molecule has 2 heterocycles. The highest BCUT2D eigenvalue weighted by Crippen LogP contribution is 2.46. The summed E-state index contributed by atoms with van der Waals surface area (Å²) in [4.78, 5) is 17.3. The third kappa shape index (κ3) is 3.22. The summed E-state index contributed by atoms with van der Waals surface area (Å²) in [6.07, 6.45) is 0. The van der Waals surface area contributed by atoms with E-state index in [1.807, 2.05) is 37.4 Å². The average Bonchev–Trinajstić information content (AvgIpc) is 3.09. The van der Waals surface area contributed by atoms with Gasteiger partial charge in [-0.25, -0.2) is 9.78 Å². The number of nitrogens with zero attached hydrogens (tertiary/aromatic N) is 2. The van der Waals surface area contributed by atoms with Crippen molar-refractivity contribution in [2.45, 2.75) is 6.92 Å². The number of rotatable bonds is 6. The summed E-state index contributed by atoms with van der Waals surface area (Å²) >= 11 is 0. The Morgan fingerprint density at radius 1 is 0.968 bits per heavy atom. The zero-order valence-corrected chi connectivity index (χ0v) is 18.2. The summed E-state index contributed by atoms with van der Waals surface area (Å²) in [5, 5.41) is 1.93. The van der Waals surface area contributed by atoms with Gasteiger partial charge in [0.05, 0.1) is 39.1 Å². The largest absolute Gasteiger partial charge is 0.493 e. The number of hydrogen-bond donors (Lipinski definition) is 0. The van der Waals surface area contributed by atoms with E-state index >= 15 is 0 Å². The summed E-state index contributed by atoms with van der Waals surface area (Å²) < 4.78 is 24.0. The molecule has 0 saturated carbocycles. The first-order chi connectivity index (χ1) is 15.0. The molecular weight excluding hydrogens is 396 g/mol. The topological polar surface area (TPSA) is 71.8 Å². The van der Waals surface area contributed by atoms with E-state index < -0.39 is 5.97 Å². The number of carbonyl (C=O) groups excluding carboxylic acids is 1. The Bertz CT molecular complexity index is 1290. The number of fused-ring (bicyclic) bond motifs is 3. The summed E-state index contributed by atoms with van der Waals surface area (Å²) in [5.41, 5.74) is 3.41. The van der Waals surface area contributed by atoms with Gasteiger partial charge in [0, 0.05) is 28.9 Å². The van der Waals surface area contributed by atoms with Crippen LogP contribution in [0.1, 0.15) is 17.4 Å². The number of carbonyl (C=O) groups is 1. The van der Waals surface area contributed by atoms with Crippen molar-refractivity contribution < 1.29 is 23.7 Å². The van der Waals surface area contributed by atoms with Crippen LogP contribution in [0.15, 0.2) is 42.5 Å². The van der Waals surface area contributed by atoms with Crippen molar-refractivity contribution in [1.82, 2.24) is 9.55 Å². The molecule has 0 atom stereocenters. The van der Waals surface area contributed by atoms with Gasteiger partial charge in [-0.1, -0.05) is 18.2 Å². The van der Waals surface area contributed by atoms with Crippen LogP contribution in [0, 0.1) is 0 Å². The van der Waals surface area contributed by atoms with Crippen LogP contribution < -0.4 is 14.2 Å². The van der Waals surface area contributed by atoms with Crippen molar-refractivity contribution in [2.24, 2.45) is 7.05 Å². The van der Waals surface area contributed by atoms with Crippen LogP contribution in [0.25, 0.3) is 33.1 Å². The van der Waals surface area contributed by atoms with Gasteiger partial charge >= 0.3 is 5.97 Å². The monoisotopic (exact) mass is 420 g/mol. The molecule has 0 aliphatic carbocycles. The molecule has 0 unspecified atom stereocenters. The molecule has 4 aromatic rings. The summed E-state index contributed by atoms with van der Waals surface area (Å²) in [5.74, 6) is 0.996. The van der Waals surface area contributed by atoms with Crippen molar-refractivity contribution in [3.63, 3.8) is 0 Å². The molecule has 0 saturated heterocycles. The van der Waals surface area contributed by atoms with E-state index in [1.165, 1.54) is 0 Å². The molecule has 4 rings (SSSR count). The van der Waals surface area contributed by atoms with E-state index in [1.54, 1.807) is 40.4 Å². The van der Waals surface area contributed by atoms with Gasteiger partial charge in [-0.2, -0.15) is 0 Å². The molecular formula is C24H24N2O5. The normalized spacial score (nSPS) is 11.0. The molecule has 7 heteroatoms. The maximum Gasteiger partial charge on any atom is 0.356 e. The van der Waals surface area contributed by atoms with E-state index in [4.69, 9.17) is 23.9 Å². The van der Waals surface area contributed by atoms with E-state index in [0.29, 0.717) is 28.5 Å². The van der Waals surface area contributed by atoms with Crippen LogP contribution in [0.5, 0.6) is 17.2 Å². The highest BCUT2D eigenvalue weighted by Gasteiger charge is 2.24. The number of pyridine rings is 1. The number of methoxy groups -OCH3 is 3. The summed E-state index contributed by atoms with van der Waals surface area (Å²) in [6.45, 7) is 2.04. The minimum atomic E-state index is -0.474. The highest BCUT2D eigenvalue weighted by atomic mass is 16.5. The average molecular weight is 420 g/mol.